The lowest BCUT2D eigenvalue weighted by atomic mass is 10.3. The molecule has 0 spiro atoms. The molecule has 0 aliphatic heterocycles. The van der Waals surface area contributed by atoms with Crippen LogP contribution in [0.2, 0.25) is 15.1 Å². The van der Waals surface area contributed by atoms with Crippen molar-refractivity contribution < 1.29 is 0 Å². The van der Waals surface area contributed by atoms with Crippen molar-refractivity contribution >= 4 is 40.5 Å². The van der Waals surface area contributed by atoms with E-state index in [1.165, 1.54) is 0 Å². The summed E-state index contributed by atoms with van der Waals surface area (Å²) in [6.45, 7) is 1.71. The maximum absolute atomic E-state index is 8.61. The standard InChI is InChI=1S/C9H7Cl3N2/c1-5(4-13)14-9-7(11)2-6(10)3-8(9)12/h2-3,5,14H,1H3. The Morgan fingerprint density at radius 2 is 1.79 bits per heavy atom. The van der Waals surface area contributed by atoms with Gasteiger partial charge in [0, 0.05) is 5.02 Å². The van der Waals surface area contributed by atoms with Crippen molar-refractivity contribution in [3.63, 3.8) is 0 Å². The van der Waals surface area contributed by atoms with Gasteiger partial charge in [0.1, 0.15) is 6.04 Å². The molecular formula is C9H7Cl3N2. The van der Waals surface area contributed by atoms with Gasteiger partial charge in [-0.2, -0.15) is 5.26 Å². The zero-order valence-electron chi connectivity index (χ0n) is 7.31. The Labute approximate surface area is 97.4 Å². The number of nitrogens with one attached hydrogen (secondary N) is 1. The van der Waals surface area contributed by atoms with Gasteiger partial charge in [0.2, 0.25) is 0 Å². The first kappa shape index (κ1) is 11.5. The molecule has 1 aromatic carbocycles. The molecule has 0 bridgehead atoms. The van der Waals surface area contributed by atoms with E-state index in [1.807, 2.05) is 6.07 Å². The molecule has 0 aliphatic carbocycles. The Kier molecular flexibility index (Phi) is 3.88. The van der Waals surface area contributed by atoms with E-state index in [0.29, 0.717) is 20.8 Å². The second kappa shape index (κ2) is 4.75. The molecule has 1 unspecified atom stereocenters. The first-order valence-electron chi connectivity index (χ1n) is 3.85. The largest absolute Gasteiger partial charge is 0.368 e. The van der Waals surface area contributed by atoms with Crippen LogP contribution in [0.5, 0.6) is 0 Å². The molecule has 0 radical (unpaired) electrons. The fourth-order valence-electron chi connectivity index (χ4n) is 0.929. The number of anilines is 1. The molecule has 2 nitrogen and oxygen atoms in total. The van der Waals surface area contributed by atoms with Crippen LogP contribution in [-0.2, 0) is 0 Å². The number of rotatable bonds is 2. The van der Waals surface area contributed by atoms with E-state index < -0.39 is 0 Å². The number of hydrogen-bond acceptors (Lipinski definition) is 2. The van der Waals surface area contributed by atoms with Crippen LogP contribution in [0.1, 0.15) is 6.92 Å². The summed E-state index contributed by atoms with van der Waals surface area (Å²) in [6, 6.07) is 4.81. The number of nitriles is 1. The van der Waals surface area contributed by atoms with Crippen LogP contribution in [0.4, 0.5) is 5.69 Å². The summed E-state index contributed by atoms with van der Waals surface area (Å²) in [5.74, 6) is 0. The lowest BCUT2D eigenvalue weighted by Gasteiger charge is -2.11. The molecule has 1 aromatic rings. The van der Waals surface area contributed by atoms with Crippen LogP contribution in [0.15, 0.2) is 12.1 Å². The van der Waals surface area contributed by atoms with Crippen molar-refractivity contribution in [2.75, 3.05) is 5.32 Å². The van der Waals surface area contributed by atoms with Gasteiger partial charge in [-0.05, 0) is 19.1 Å². The van der Waals surface area contributed by atoms with Gasteiger partial charge >= 0.3 is 0 Å². The van der Waals surface area contributed by atoms with Crippen LogP contribution >= 0.6 is 34.8 Å². The maximum Gasteiger partial charge on any atom is 0.111 e. The molecule has 74 valence electrons. The molecule has 0 amide bonds. The first-order valence-corrected chi connectivity index (χ1v) is 4.98. The summed E-state index contributed by atoms with van der Waals surface area (Å²) < 4.78 is 0. The predicted octanol–water partition coefficient (Wildman–Crippen LogP) is 3.97. The summed E-state index contributed by atoms with van der Waals surface area (Å²) in [7, 11) is 0. The van der Waals surface area contributed by atoms with Crippen molar-refractivity contribution in [1.82, 2.24) is 0 Å². The molecule has 0 fully saturated rings. The Balaban J connectivity index is 3.04. The van der Waals surface area contributed by atoms with E-state index in [4.69, 9.17) is 40.1 Å². The highest BCUT2D eigenvalue weighted by molar-refractivity contribution is 6.41. The third-order valence-electron chi connectivity index (χ3n) is 1.56. The van der Waals surface area contributed by atoms with Crippen LogP contribution in [0, 0.1) is 11.3 Å². The van der Waals surface area contributed by atoms with Crippen LogP contribution in [0.3, 0.4) is 0 Å². The number of halogens is 3. The molecule has 5 heteroatoms. The fraction of sp³-hybridized carbons (Fsp3) is 0.222. The van der Waals surface area contributed by atoms with E-state index in [-0.39, 0.29) is 6.04 Å². The van der Waals surface area contributed by atoms with Crippen molar-refractivity contribution in [3.05, 3.63) is 27.2 Å². The highest BCUT2D eigenvalue weighted by atomic mass is 35.5. The summed E-state index contributed by atoms with van der Waals surface area (Å²) in [4.78, 5) is 0. The first-order chi connectivity index (χ1) is 6.54. The molecule has 1 N–H and O–H groups in total. The second-order valence-electron chi connectivity index (χ2n) is 2.74. The molecule has 0 aromatic heterocycles. The van der Waals surface area contributed by atoms with Crippen molar-refractivity contribution in [3.8, 4) is 6.07 Å². The average molecular weight is 250 g/mol. The minimum absolute atomic E-state index is 0.355. The van der Waals surface area contributed by atoms with Gasteiger partial charge in [0.05, 0.1) is 21.8 Å². The monoisotopic (exact) mass is 248 g/mol. The van der Waals surface area contributed by atoms with Crippen molar-refractivity contribution in [1.29, 1.82) is 5.26 Å². The summed E-state index contributed by atoms with van der Waals surface area (Å²) in [5.41, 5.74) is 0.534. The van der Waals surface area contributed by atoms with Crippen LogP contribution in [-0.4, -0.2) is 6.04 Å². The predicted molar refractivity (Wildman–Crippen MR) is 60.2 cm³/mol. The van der Waals surface area contributed by atoms with Gasteiger partial charge in [-0.3, -0.25) is 0 Å². The minimum atomic E-state index is -0.355. The molecule has 0 saturated carbocycles. The van der Waals surface area contributed by atoms with E-state index in [1.54, 1.807) is 19.1 Å². The third-order valence-corrected chi connectivity index (χ3v) is 2.38. The summed E-state index contributed by atoms with van der Waals surface area (Å²) in [5, 5.41) is 12.8. The van der Waals surface area contributed by atoms with Gasteiger partial charge in [-0.15, -0.1) is 0 Å². The van der Waals surface area contributed by atoms with Crippen molar-refractivity contribution in [2.24, 2.45) is 0 Å². The van der Waals surface area contributed by atoms with E-state index in [2.05, 4.69) is 5.32 Å². The minimum Gasteiger partial charge on any atom is -0.368 e. The summed E-state index contributed by atoms with van der Waals surface area (Å²) in [6.07, 6.45) is 0. The van der Waals surface area contributed by atoms with Gasteiger partial charge in [0.15, 0.2) is 0 Å². The van der Waals surface area contributed by atoms with Gasteiger partial charge < -0.3 is 5.32 Å². The zero-order chi connectivity index (χ0) is 10.7. The molecule has 0 aliphatic rings. The smallest absolute Gasteiger partial charge is 0.111 e. The molecule has 0 heterocycles. The Morgan fingerprint density at radius 1 is 1.29 bits per heavy atom. The SMILES string of the molecule is CC(C#N)Nc1c(Cl)cc(Cl)cc1Cl. The van der Waals surface area contributed by atoms with Gasteiger partial charge in [0.25, 0.3) is 0 Å². The number of hydrogen-bond donors (Lipinski definition) is 1. The molecular weight excluding hydrogens is 242 g/mol. The summed E-state index contributed by atoms with van der Waals surface area (Å²) >= 11 is 17.5. The Morgan fingerprint density at radius 3 is 2.21 bits per heavy atom. The average Bonchev–Trinajstić information content (AvgIpc) is 2.10. The highest BCUT2D eigenvalue weighted by Crippen LogP contribution is 2.33. The lowest BCUT2D eigenvalue weighted by Crippen LogP contribution is -2.12. The highest BCUT2D eigenvalue weighted by Gasteiger charge is 2.09. The fourth-order valence-corrected chi connectivity index (χ4v) is 1.85. The van der Waals surface area contributed by atoms with Crippen LogP contribution < -0.4 is 5.32 Å². The maximum atomic E-state index is 8.61. The van der Waals surface area contributed by atoms with E-state index in [9.17, 15) is 0 Å². The van der Waals surface area contributed by atoms with Gasteiger partial charge in [-0.1, -0.05) is 34.8 Å². The second-order valence-corrected chi connectivity index (χ2v) is 3.99. The molecule has 1 rings (SSSR count). The Hall–Kier alpha value is -0.620. The van der Waals surface area contributed by atoms with Crippen LogP contribution in [0.25, 0.3) is 0 Å². The van der Waals surface area contributed by atoms with Gasteiger partial charge in [-0.25, -0.2) is 0 Å². The lowest BCUT2D eigenvalue weighted by molar-refractivity contribution is 1.01. The van der Waals surface area contributed by atoms with E-state index >= 15 is 0 Å². The molecule has 1 atom stereocenters. The van der Waals surface area contributed by atoms with Crippen molar-refractivity contribution in [2.45, 2.75) is 13.0 Å². The third kappa shape index (κ3) is 2.68. The quantitative estimate of drug-likeness (QED) is 0.861. The Bertz CT molecular complexity index is 361. The molecule has 14 heavy (non-hydrogen) atoms. The topological polar surface area (TPSA) is 35.8 Å². The zero-order valence-corrected chi connectivity index (χ0v) is 9.58. The number of benzene rings is 1. The normalized spacial score (nSPS) is 11.9. The van der Waals surface area contributed by atoms with E-state index in [0.717, 1.165) is 0 Å². The number of nitrogens with zero attached hydrogens (tertiary/aromatic N) is 1. The molecule has 0 saturated heterocycles.